The average molecular weight is 219 g/mol. The maximum absolute atomic E-state index is 11.5. The van der Waals surface area contributed by atoms with Crippen molar-refractivity contribution in [3.63, 3.8) is 0 Å². The summed E-state index contributed by atoms with van der Waals surface area (Å²) in [4.78, 5) is 0. The molecule has 0 fully saturated rings. The summed E-state index contributed by atoms with van der Waals surface area (Å²) in [5.41, 5.74) is 4.74. The first-order chi connectivity index (χ1) is 2.77. The van der Waals surface area contributed by atoms with Crippen LogP contribution >= 0.6 is 24.0 Å². The van der Waals surface area contributed by atoms with Crippen molar-refractivity contribution in [1.29, 1.82) is 0 Å². The average Bonchev–Trinajstić information content (AvgIpc) is 1.35. The van der Waals surface area contributed by atoms with Gasteiger partial charge in [-0.2, -0.15) is 0 Å². The molecular formula is C4H11FIN. The zero-order valence-corrected chi connectivity index (χ0v) is 6.69. The van der Waals surface area contributed by atoms with Crippen LogP contribution in [-0.2, 0) is 0 Å². The summed E-state index contributed by atoms with van der Waals surface area (Å²) < 4.78 is 11.5. The van der Waals surface area contributed by atoms with Gasteiger partial charge in [-0.15, -0.1) is 24.0 Å². The zero-order chi connectivity index (χ0) is 4.99. The van der Waals surface area contributed by atoms with E-state index in [1.54, 1.807) is 0 Å². The molecule has 0 aliphatic heterocycles. The highest BCUT2D eigenvalue weighted by Crippen LogP contribution is 1.90. The Hall–Kier alpha value is 0.620. The van der Waals surface area contributed by atoms with Crippen LogP contribution in [0.3, 0.4) is 0 Å². The molecule has 0 aromatic heterocycles. The maximum Gasteiger partial charge on any atom is 0.148 e. The van der Waals surface area contributed by atoms with Crippen molar-refractivity contribution in [2.24, 2.45) is 5.73 Å². The van der Waals surface area contributed by atoms with Gasteiger partial charge in [0.05, 0.1) is 0 Å². The smallest absolute Gasteiger partial charge is 0.148 e. The second-order valence-corrected chi connectivity index (χ2v) is 1.30. The Morgan fingerprint density at radius 2 is 2.14 bits per heavy atom. The van der Waals surface area contributed by atoms with Gasteiger partial charge in [-0.25, -0.2) is 4.39 Å². The largest absolute Gasteiger partial charge is 0.302 e. The minimum absolute atomic E-state index is 0. The zero-order valence-electron chi connectivity index (χ0n) is 4.36. The van der Waals surface area contributed by atoms with Gasteiger partial charge in [0.15, 0.2) is 0 Å². The second-order valence-electron chi connectivity index (χ2n) is 1.30. The molecule has 0 aliphatic carbocycles. The molecule has 1 unspecified atom stereocenters. The standard InChI is InChI=1S/C4H10FN.HI/c1-2-3-4(5)6;/h4H,2-3,6H2,1H3;1H. The van der Waals surface area contributed by atoms with Gasteiger partial charge in [0.1, 0.15) is 6.30 Å². The summed E-state index contributed by atoms with van der Waals surface area (Å²) in [5, 5.41) is 0. The lowest BCUT2D eigenvalue weighted by molar-refractivity contribution is 0.322. The predicted molar refractivity (Wildman–Crippen MR) is 39.4 cm³/mol. The third-order valence-electron chi connectivity index (χ3n) is 0.564. The third-order valence-corrected chi connectivity index (χ3v) is 0.564. The third kappa shape index (κ3) is 10.8. The van der Waals surface area contributed by atoms with Crippen LogP contribution in [0.2, 0.25) is 0 Å². The fourth-order valence-corrected chi connectivity index (χ4v) is 0.276. The summed E-state index contributed by atoms with van der Waals surface area (Å²) >= 11 is 0. The van der Waals surface area contributed by atoms with E-state index in [-0.39, 0.29) is 24.0 Å². The molecule has 3 heteroatoms. The van der Waals surface area contributed by atoms with Crippen molar-refractivity contribution in [3.8, 4) is 0 Å². The van der Waals surface area contributed by atoms with E-state index in [1.165, 1.54) is 0 Å². The van der Waals surface area contributed by atoms with Crippen LogP contribution in [-0.4, -0.2) is 6.30 Å². The van der Waals surface area contributed by atoms with Crippen molar-refractivity contribution in [1.82, 2.24) is 0 Å². The molecule has 0 aromatic rings. The van der Waals surface area contributed by atoms with E-state index in [4.69, 9.17) is 5.73 Å². The van der Waals surface area contributed by atoms with Crippen molar-refractivity contribution in [2.45, 2.75) is 26.1 Å². The molecule has 1 nitrogen and oxygen atoms in total. The molecule has 0 saturated heterocycles. The van der Waals surface area contributed by atoms with E-state index in [0.29, 0.717) is 6.42 Å². The molecule has 0 rings (SSSR count). The molecule has 0 amide bonds. The minimum Gasteiger partial charge on any atom is -0.302 e. The predicted octanol–water partition coefficient (Wildman–Crippen LogP) is 1.66. The Morgan fingerprint density at radius 3 is 2.14 bits per heavy atom. The molecule has 0 heterocycles. The molecule has 0 aromatic carbocycles. The van der Waals surface area contributed by atoms with E-state index in [9.17, 15) is 4.39 Å². The summed E-state index contributed by atoms with van der Waals surface area (Å²) in [6.45, 7) is 1.90. The van der Waals surface area contributed by atoms with Gasteiger partial charge in [-0.05, 0) is 6.42 Å². The van der Waals surface area contributed by atoms with Crippen LogP contribution in [0, 0.1) is 0 Å². The van der Waals surface area contributed by atoms with Gasteiger partial charge in [-0.3, -0.25) is 0 Å². The van der Waals surface area contributed by atoms with Gasteiger partial charge in [0.2, 0.25) is 0 Å². The van der Waals surface area contributed by atoms with Crippen LogP contribution in [0.25, 0.3) is 0 Å². The molecular weight excluding hydrogens is 208 g/mol. The monoisotopic (exact) mass is 219 g/mol. The van der Waals surface area contributed by atoms with E-state index >= 15 is 0 Å². The summed E-state index contributed by atoms with van der Waals surface area (Å²) in [5.74, 6) is 0. The van der Waals surface area contributed by atoms with Crippen LogP contribution < -0.4 is 5.73 Å². The molecule has 0 bridgehead atoms. The topological polar surface area (TPSA) is 26.0 Å². The molecule has 0 saturated carbocycles. The van der Waals surface area contributed by atoms with Crippen LogP contribution in [0.5, 0.6) is 0 Å². The second kappa shape index (κ2) is 6.62. The molecule has 46 valence electrons. The van der Waals surface area contributed by atoms with Gasteiger partial charge in [0, 0.05) is 0 Å². The van der Waals surface area contributed by atoms with Crippen LogP contribution in [0.1, 0.15) is 19.8 Å². The number of hydrogen-bond acceptors (Lipinski definition) is 1. The Labute approximate surface area is 60.5 Å². The molecule has 7 heavy (non-hydrogen) atoms. The van der Waals surface area contributed by atoms with E-state index in [1.807, 2.05) is 6.92 Å². The van der Waals surface area contributed by atoms with Crippen LogP contribution in [0.15, 0.2) is 0 Å². The molecule has 2 N–H and O–H groups in total. The highest BCUT2D eigenvalue weighted by Gasteiger charge is 1.90. The number of nitrogens with two attached hydrogens (primary N) is 1. The first kappa shape index (κ1) is 10.6. The van der Waals surface area contributed by atoms with E-state index < -0.39 is 6.30 Å². The molecule has 1 atom stereocenters. The van der Waals surface area contributed by atoms with Gasteiger partial charge in [-0.1, -0.05) is 13.3 Å². The lowest BCUT2D eigenvalue weighted by Gasteiger charge is -1.92. The van der Waals surface area contributed by atoms with Crippen molar-refractivity contribution >= 4 is 24.0 Å². The maximum atomic E-state index is 11.5. The number of hydrogen-bond donors (Lipinski definition) is 1. The lowest BCUT2D eigenvalue weighted by atomic mass is 10.3. The normalized spacial score (nSPS) is 12.4. The summed E-state index contributed by atoms with van der Waals surface area (Å²) in [6, 6.07) is 0. The highest BCUT2D eigenvalue weighted by atomic mass is 127. The quantitative estimate of drug-likeness (QED) is 0.554. The summed E-state index contributed by atoms with van der Waals surface area (Å²) in [7, 11) is 0. The van der Waals surface area contributed by atoms with E-state index in [0.717, 1.165) is 6.42 Å². The fourth-order valence-electron chi connectivity index (χ4n) is 0.276. The van der Waals surface area contributed by atoms with Crippen molar-refractivity contribution in [2.75, 3.05) is 0 Å². The van der Waals surface area contributed by atoms with Crippen molar-refractivity contribution in [3.05, 3.63) is 0 Å². The highest BCUT2D eigenvalue weighted by molar-refractivity contribution is 14.0. The van der Waals surface area contributed by atoms with Gasteiger partial charge in [0.25, 0.3) is 0 Å². The van der Waals surface area contributed by atoms with Gasteiger partial charge < -0.3 is 5.73 Å². The molecule has 0 aliphatic rings. The first-order valence-corrected chi connectivity index (χ1v) is 2.17. The molecule has 0 radical (unpaired) electrons. The molecule has 0 spiro atoms. The number of rotatable bonds is 2. The summed E-state index contributed by atoms with van der Waals surface area (Å²) in [6.07, 6.45) is 0.215. The Morgan fingerprint density at radius 1 is 1.71 bits per heavy atom. The lowest BCUT2D eigenvalue weighted by Crippen LogP contribution is -2.11. The number of alkyl halides is 1. The minimum atomic E-state index is -1.10. The van der Waals surface area contributed by atoms with Gasteiger partial charge >= 0.3 is 0 Å². The first-order valence-electron chi connectivity index (χ1n) is 2.17. The Kier molecular flexibility index (Phi) is 10.00. The van der Waals surface area contributed by atoms with Crippen LogP contribution in [0.4, 0.5) is 4.39 Å². The fraction of sp³-hybridized carbons (Fsp3) is 1.00. The Bertz CT molecular complexity index is 32.9. The SMILES string of the molecule is CCCC(N)F.I. The number of halogens is 2. The Balaban J connectivity index is 0. The van der Waals surface area contributed by atoms with Crippen molar-refractivity contribution < 1.29 is 4.39 Å². The van der Waals surface area contributed by atoms with E-state index in [2.05, 4.69) is 0 Å².